The summed E-state index contributed by atoms with van der Waals surface area (Å²) in [6.07, 6.45) is -4.53. The highest BCUT2D eigenvalue weighted by Crippen LogP contribution is 2.36. The van der Waals surface area contributed by atoms with Crippen LogP contribution in [0.2, 0.25) is 5.02 Å². The van der Waals surface area contributed by atoms with Crippen molar-refractivity contribution in [1.29, 1.82) is 0 Å². The van der Waals surface area contributed by atoms with Gasteiger partial charge in [0.05, 0.1) is 10.9 Å². The highest BCUT2D eigenvalue weighted by atomic mass is 35.5. The molecule has 112 valence electrons. The molecule has 0 heterocycles. The first-order valence-electron chi connectivity index (χ1n) is 6.03. The topological polar surface area (TPSA) is 0 Å². The largest absolute Gasteiger partial charge is 0.419 e. The molecule has 0 aliphatic rings. The second kappa shape index (κ2) is 6.24. The van der Waals surface area contributed by atoms with Gasteiger partial charge < -0.3 is 0 Å². The van der Waals surface area contributed by atoms with Gasteiger partial charge in [-0.05, 0) is 30.2 Å². The number of alkyl halides is 4. The first kappa shape index (κ1) is 16.1. The monoisotopic (exact) mass is 336 g/mol. The van der Waals surface area contributed by atoms with E-state index in [1.165, 1.54) is 6.07 Å². The third kappa shape index (κ3) is 3.89. The lowest BCUT2D eigenvalue weighted by molar-refractivity contribution is -0.140. The molecule has 0 bridgehead atoms. The minimum atomic E-state index is -4.74. The van der Waals surface area contributed by atoms with Crippen molar-refractivity contribution in [3.63, 3.8) is 0 Å². The van der Waals surface area contributed by atoms with E-state index < -0.39 is 22.9 Å². The highest BCUT2D eigenvalue weighted by Gasteiger charge is 2.35. The van der Waals surface area contributed by atoms with E-state index in [0.717, 1.165) is 11.6 Å². The number of rotatable bonds is 3. The van der Waals surface area contributed by atoms with Gasteiger partial charge >= 0.3 is 6.18 Å². The molecule has 2 aromatic carbocycles. The molecular formula is C15H10Cl2F4. The van der Waals surface area contributed by atoms with Crippen LogP contribution in [0.1, 0.15) is 22.1 Å². The van der Waals surface area contributed by atoms with E-state index in [-0.39, 0.29) is 12.0 Å². The molecule has 0 nitrogen and oxygen atoms in total. The molecule has 0 aromatic heterocycles. The van der Waals surface area contributed by atoms with E-state index in [4.69, 9.17) is 23.2 Å². The van der Waals surface area contributed by atoms with Gasteiger partial charge in [0.25, 0.3) is 0 Å². The molecule has 2 aromatic rings. The van der Waals surface area contributed by atoms with Gasteiger partial charge in [-0.3, -0.25) is 0 Å². The summed E-state index contributed by atoms with van der Waals surface area (Å²) < 4.78 is 52.0. The molecule has 0 saturated heterocycles. The van der Waals surface area contributed by atoms with Crippen molar-refractivity contribution in [2.24, 2.45) is 0 Å². The van der Waals surface area contributed by atoms with E-state index in [1.807, 2.05) is 0 Å². The molecule has 6 heteroatoms. The van der Waals surface area contributed by atoms with Gasteiger partial charge in [-0.1, -0.05) is 35.9 Å². The molecule has 0 saturated carbocycles. The van der Waals surface area contributed by atoms with Crippen LogP contribution >= 0.6 is 23.2 Å². The van der Waals surface area contributed by atoms with Crippen LogP contribution in [0.25, 0.3) is 0 Å². The van der Waals surface area contributed by atoms with Gasteiger partial charge in [0.2, 0.25) is 0 Å². The van der Waals surface area contributed by atoms with Crippen LogP contribution in [0.4, 0.5) is 17.6 Å². The van der Waals surface area contributed by atoms with Gasteiger partial charge in [-0.25, -0.2) is 4.39 Å². The van der Waals surface area contributed by atoms with Crippen LogP contribution in [0, 0.1) is 5.82 Å². The van der Waals surface area contributed by atoms with Crippen LogP contribution in [-0.4, -0.2) is 0 Å². The van der Waals surface area contributed by atoms with Gasteiger partial charge in [-0.2, -0.15) is 13.2 Å². The SMILES string of the molecule is Fc1c(C(Cl)Cc2ccc(Cl)cc2)cccc1C(F)(F)F. The Kier molecular flexibility index (Phi) is 4.79. The van der Waals surface area contributed by atoms with Crippen molar-refractivity contribution >= 4 is 23.2 Å². The summed E-state index contributed by atoms with van der Waals surface area (Å²) in [5.41, 5.74) is -0.709. The lowest BCUT2D eigenvalue weighted by Crippen LogP contribution is -2.11. The molecule has 0 aliphatic carbocycles. The fourth-order valence-electron chi connectivity index (χ4n) is 1.95. The Balaban J connectivity index is 2.27. The highest BCUT2D eigenvalue weighted by molar-refractivity contribution is 6.30. The van der Waals surface area contributed by atoms with E-state index in [2.05, 4.69) is 0 Å². The van der Waals surface area contributed by atoms with Gasteiger partial charge in [0, 0.05) is 10.6 Å². The van der Waals surface area contributed by atoms with Crippen LogP contribution in [0.5, 0.6) is 0 Å². The maximum atomic E-state index is 14.0. The Labute approximate surface area is 129 Å². The van der Waals surface area contributed by atoms with Crippen molar-refractivity contribution in [2.45, 2.75) is 18.0 Å². The first-order chi connectivity index (χ1) is 9.79. The summed E-state index contributed by atoms with van der Waals surface area (Å²) in [7, 11) is 0. The lowest BCUT2D eigenvalue weighted by Gasteiger charge is -2.15. The Bertz CT molecular complexity index is 621. The summed E-state index contributed by atoms with van der Waals surface area (Å²) in [6.45, 7) is 0. The molecule has 21 heavy (non-hydrogen) atoms. The molecule has 0 radical (unpaired) electrons. The Morgan fingerprint density at radius 1 is 1.00 bits per heavy atom. The minimum Gasteiger partial charge on any atom is -0.206 e. The summed E-state index contributed by atoms with van der Waals surface area (Å²) in [4.78, 5) is 0. The zero-order chi connectivity index (χ0) is 15.6. The van der Waals surface area contributed by atoms with E-state index in [9.17, 15) is 17.6 Å². The first-order valence-corrected chi connectivity index (χ1v) is 6.84. The fourth-order valence-corrected chi connectivity index (χ4v) is 2.42. The van der Waals surface area contributed by atoms with Crippen LogP contribution in [0.3, 0.4) is 0 Å². The third-order valence-corrected chi connectivity index (χ3v) is 3.64. The van der Waals surface area contributed by atoms with Gasteiger partial charge in [-0.15, -0.1) is 11.6 Å². The second-order valence-electron chi connectivity index (χ2n) is 4.50. The summed E-state index contributed by atoms with van der Waals surface area (Å²) in [5.74, 6) is -1.32. The molecule has 0 aliphatic heterocycles. The van der Waals surface area contributed by atoms with E-state index in [0.29, 0.717) is 11.1 Å². The number of halogens is 6. The molecule has 0 N–H and O–H groups in total. The summed E-state index contributed by atoms with van der Waals surface area (Å²) >= 11 is 11.8. The Morgan fingerprint density at radius 3 is 2.19 bits per heavy atom. The molecule has 0 fully saturated rings. The minimum absolute atomic E-state index is 0.165. The van der Waals surface area contributed by atoms with Crippen LogP contribution < -0.4 is 0 Å². The predicted molar refractivity (Wildman–Crippen MR) is 75.2 cm³/mol. The number of benzene rings is 2. The fraction of sp³-hybridized carbons (Fsp3) is 0.200. The Morgan fingerprint density at radius 2 is 1.62 bits per heavy atom. The Hall–Kier alpha value is -1.26. The lowest BCUT2D eigenvalue weighted by atomic mass is 10.0. The maximum absolute atomic E-state index is 14.0. The number of hydrogen-bond donors (Lipinski definition) is 0. The number of hydrogen-bond acceptors (Lipinski definition) is 0. The van der Waals surface area contributed by atoms with Crippen molar-refractivity contribution in [3.05, 3.63) is 70.0 Å². The van der Waals surface area contributed by atoms with Crippen LogP contribution in [0.15, 0.2) is 42.5 Å². The normalized spacial score (nSPS) is 13.2. The van der Waals surface area contributed by atoms with Crippen LogP contribution in [-0.2, 0) is 12.6 Å². The van der Waals surface area contributed by atoms with Crippen molar-refractivity contribution < 1.29 is 17.6 Å². The molecule has 0 amide bonds. The summed E-state index contributed by atoms with van der Waals surface area (Å²) in [5, 5.41) is -0.358. The average molecular weight is 337 g/mol. The quantitative estimate of drug-likeness (QED) is 0.474. The van der Waals surface area contributed by atoms with Gasteiger partial charge in [0.15, 0.2) is 0 Å². The van der Waals surface area contributed by atoms with Crippen molar-refractivity contribution in [2.75, 3.05) is 0 Å². The predicted octanol–water partition coefficient (Wildman–Crippen LogP) is 6.02. The molecule has 0 spiro atoms. The molecule has 1 unspecified atom stereocenters. The standard InChI is InChI=1S/C15H10Cl2F4/c16-10-6-4-9(5-7-10)8-13(17)11-2-1-3-12(14(11)18)15(19,20)21/h1-7,13H,8H2. The smallest absolute Gasteiger partial charge is 0.206 e. The van der Waals surface area contributed by atoms with Gasteiger partial charge in [0.1, 0.15) is 5.82 Å². The average Bonchev–Trinajstić information content (AvgIpc) is 2.40. The molecule has 2 rings (SSSR count). The van der Waals surface area contributed by atoms with Crippen molar-refractivity contribution in [3.8, 4) is 0 Å². The van der Waals surface area contributed by atoms with E-state index >= 15 is 0 Å². The molecule has 1 atom stereocenters. The maximum Gasteiger partial charge on any atom is 0.419 e. The second-order valence-corrected chi connectivity index (χ2v) is 5.47. The zero-order valence-corrected chi connectivity index (χ0v) is 12.1. The summed E-state index contributed by atoms with van der Waals surface area (Å²) in [6, 6.07) is 9.79. The van der Waals surface area contributed by atoms with E-state index in [1.54, 1.807) is 24.3 Å². The third-order valence-electron chi connectivity index (χ3n) is 3.00. The molecular weight excluding hydrogens is 327 g/mol. The zero-order valence-electron chi connectivity index (χ0n) is 10.6. The van der Waals surface area contributed by atoms with Crippen molar-refractivity contribution in [1.82, 2.24) is 0 Å².